The van der Waals surface area contributed by atoms with Gasteiger partial charge in [0.15, 0.2) is 9.84 Å². The topological polar surface area (TPSA) is 72.5 Å². The van der Waals surface area contributed by atoms with E-state index in [9.17, 15) is 13.2 Å². The van der Waals surface area contributed by atoms with Crippen LogP contribution in [0, 0.1) is 0 Å². The zero-order valence-corrected chi connectivity index (χ0v) is 11.1. The normalized spacial score (nSPS) is 22.3. The Morgan fingerprint density at radius 1 is 1.35 bits per heavy atom. The summed E-state index contributed by atoms with van der Waals surface area (Å²) in [5.41, 5.74) is 0. The second-order valence-corrected chi connectivity index (χ2v) is 6.67. The van der Waals surface area contributed by atoms with Gasteiger partial charge in [-0.2, -0.15) is 0 Å². The Morgan fingerprint density at radius 3 is 2.71 bits per heavy atom. The highest BCUT2D eigenvalue weighted by Gasteiger charge is 2.29. The lowest BCUT2D eigenvalue weighted by atomic mass is 10.2. The fraction of sp³-hybridized carbons (Fsp3) is 0.909. The highest BCUT2D eigenvalue weighted by atomic mass is 32.2. The Hall–Kier alpha value is -0.780. The van der Waals surface area contributed by atoms with Gasteiger partial charge < -0.3 is 10.1 Å². The summed E-state index contributed by atoms with van der Waals surface area (Å²) in [4.78, 5) is 11.3. The first kappa shape index (κ1) is 14.3. The van der Waals surface area contributed by atoms with Gasteiger partial charge in [0.05, 0.1) is 18.1 Å². The van der Waals surface area contributed by atoms with Crippen LogP contribution >= 0.6 is 0 Å². The number of hydrogen-bond acceptors (Lipinski definition) is 4. The molecule has 100 valence electrons. The quantitative estimate of drug-likeness (QED) is 0.737. The SMILES string of the molecule is CCCCCCOC(=O)NC1CCS(=O)(=O)C1. The van der Waals surface area contributed by atoms with Crippen LogP contribution in [0.25, 0.3) is 0 Å². The van der Waals surface area contributed by atoms with Crippen molar-refractivity contribution in [2.75, 3.05) is 18.1 Å². The Morgan fingerprint density at radius 2 is 2.12 bits per heavy atom. The van der Waals surface area contributed by atoms with Gasteiger partial charge >= 0.3 is 6.09 Å². The predicted octanol–water partition coefficient (Wildman–Crippen LogP) is 1.48. The molecular weight excluding hydrogens is 242 g/mol. The minimum absolute atomic E-state index is 0.0396. The molecule has 0 bridgehead atoms. The monoisotopic (exact) mass is 263 g/mol. The molecule has 17 heavy (non-hydrogen) atoms. The maximum Gasteiger partial charge on any atom is 0.407 e. The van der Waals surface area contributed by atoms with Crippen LogP contribution in [0.3, 0.4) is 0 Å². The standard InChI is InChI=1S/C11H21NO4S/c1-2-3-4-5-7-16-11(13)12-10-6-8-17(14,15)9-10/h10H,2-9H2,1H3,(H,12,13). The molecule has 1 amide bonds. The average Bonchev–Trinajstić information content (AvgIpc) is 2.57. The summed E-state index contributed by atoms with van der Waals surface area (Å²) in [6.45, 7) is 2.53. The molecule has 0 spiro atoms. The van der Waals surface area contributed by atoms with E-state index in [0.717, 1.165) is 25.7 Å². The Kier molecular flexibility index (Phi) is 5.74. The zero-order chi connectivity index (χ0) is 12.7. The molecule has 6 heteroatoms. The number of carbonyl (C=O) groups is 1. The minimum atomic E-state index is -2.94. The number of rotatable bonds is 6. The number of nitrogens with one attached hydrogen (secondary N) is 1. The van der Waals surface area contributed by atoms with Crippen LogP contribution in [-0.2, 0) is 14.6 Å². The van der Waals surface area contributed by atoms with Gasteiger partial charge in [-0.1, -0.05) is 26.2 Å². The van der Waals surface area contributed by atoms with E-state index in [-0.39, 0.29) is 17.5 Å². The van der Waals surface area contributed by atoms with E-state index >= 15 is 0 Å². The molecule has 1 heterocycles. The molecule has 0 aromatic carbocycles. The maximum atomic E-state index is 11.3. The lowest BCUT2D eigenvalue weighted by Gasteiger charge is -2.11. The van der Waals surface area contributed by atoms with Crippen LogP contribution in [0.4, 0.5) is 4.79 Å². The molecule has 1 atom stereocenters. The van der Waals surface area contributed by atoms with Crippen LogP contribution in [0.2, 0.25) is 0 Å². The molecule has 0 radical (unpaired) electrons. The zero-order valence-electron chi connectivity index (χ0n) is 10.3. The minimum Gasteiger partial charge on any atom is -0.450 e. The second kappa shape index (κ2) is 6.83. The molecule has 5 nitrogen and oxygen atoms in total. The molecule has 0 aliphatic carbocycles. The predicted molar refractivity (Wildman–Crippen MR) is 65.7 cm³/mol. The Bertz CT molecular complexity index is 339. The van der Waals surface area contributed by atoms with Gasteiger partial charge in [-0.05, 0) is 12.8 Å². The highest BCUT2D eigenvalue weighted by Crippen LogP contribution is 2.11. The lowest BCUT2D eigenvalue weighted by Crippen LogP contribution is -2.36. The first-order chi connectivity index (χ1) is 8.03. The molecule has 0 saturated carbocycles. The second-order valence-electron chi connectivity index (χ2n) is 4.44. The van der Waals surface area contributed by atoms with Gasteiger partial charge in [0.25, 0.3) is 0 Å². The number of unbranched alkanes of at least 4 members (excludes halogenated alkanes) is 3. The van der Waals surface area contributed by atoms with Crippen molar-refractivity contribution in [1.82, 2.24) is 5.32 Å². The Labute approximate surface area is 103 Å². The van der Waals surface area contributed by atoms with Crippen molar-refractivity contribution in [1.29, 1.82) is 0 Å². The van der Waals surface area contributed by atoms with Gasteiger partial charge in [-0.3, -0.25) is 0 Å². The summed E-state index contributed by atoms with van der Waals surface area (Å²) in [7, 11) is -2.94. The van der Waals surface area contributed by atoms with Crippen LogP contribution < -0.4 is 5.32 Å². The number of alkyl carbamates (subject to hydrolysis) is 1. The largest absolute Gasteiger partial charge is 0.450 e. The summed E-state index contributed by atoms with van der Waals surface area (Å²) >= 11 is 0. The van der Waals surface area contributed by atoms with Gasteiger partial charge in [0, 0.05) is 6.04 Å². The number of amides is 1. The van der Waals surface area contributed by atoms with Crippen molar-refractivity contribution >= 4 is 15.9 Å². The number of sulfone groups is 1. The van der Waals surface area contributed by atoms with Crippen LogP contribution in [-0.4, -0.2) is 38.7 Å². The van der Waals surface area contributed by atoms with Crippen LogP contribution in [0.15, 0.2) is 0 Å². The van der Waals surface area contributed by atoms with E-state index < -0.39 is 15.9 Å². The maximum absolute atomic E-state index is 11.3. The van der Waals surface area contributed by atoms with Crippen molar-refractivity contribution in [3.8, 4) is 0 Å². The molecule has 1 saturated heterocycles. The van der Waals surface area contributed by atoms with E-state index in [2.05, 4.69) is 12.2 Å². The van der Waals surface area contributed by atoms with Crippen LogP contribution in [0.5, 0.6) is 0 Å². The van der Waals surface area contributed by atoms with Gasteiger partial charge in [-0.15, -0.1) is 0 Å². The molecule has 1 aliphatic heterocycles. The Balaban J connectivity index is 2.09. The average molecular weight is 263 g/mol. The summed E-state index contributed by atoms with van der Waals surface area (Å²) in [5, 5.41) is 2.59. The number of hydrogen-bond donors (Lipinski definition) is 1. The summed E-state index contributed by atoms with van der Waals surface area (Å²) in [6.07, 6.45) is 4.21. The third kappa shape index (κ3) is 5.91. The third-order valence-electron chi connectivity index (χ3n) is 2.79. The summed E-state index contributed by atoms with van der Waals surface area (Å²) in [6, 6.07) is -0.275. The first-order valence-corrected chi connectivity index (χ1v) is 7.99. The van der Waals surface area contributed by atoms with Gasteiger partial charge in [0.2, 0.25) is 0 Å². The molecular formula is C11H21NO4S. The van der Waals surface area contributed by atoms with Crippen molar-refractivity contribution in [2.24, 2.45) is 0 Å². The molecule has 1 N–H and O–H groups in total. The fourth-order valence-electron chi connectivity index (χ4n) is 1.81. The fourth-order valence-corrected chi connectivity index (χ4v) is 3.48. The lowest BCUT2D eigenvalue weighted by molar-refractivity contribution is 0.141. The molecule has 1 fully saturated rings. The third-order valence-corrected chi connectivity index (χ3v) is 4.55. The van der Waals surface area contributed by atoms with Crippen molar-refractivity contribution in [3.63, 3.8) is 0 Å². The van der Waals surface area contributed by atoms with Crippen LogP contribution in [0.1, 0.15) is 39.0 Å². The van der Waals surface area contributed by atoms with E-state index in [1.165, 1.54) is 0 Å². The molecule has 1 unspecified atom stereocenters. The highest BCUT2D eigenvalue weighted by molar-refractivity contribution is 7.91. The summed E-state index contributed by atoms with van der Waals surface area (Å²) < 4.78 is 27.3. The molecule has 0 aromatic heterocycles. The van der Waals surface area contributed by atoms with E-state index in [0.29, 0.717) is 13.0 Å². The smallest absolute Gasteiger partial charge is 0.407 e. The molecule has 1 aliphatic rings. The first-order valence-electron chi connectivity index (χ1n) is 6.17. The van der Waals surface area contributed by atoms with Crippen molar-refractivity contribution < 1.29 is 17.9 Å². The van der Waals surface area contributed by atoms with E-state index in [4.69, 9.17) is 4.74 Å². The number of ether oxygens (including phenoxy) is 1. The van der Waals surface area contributed by atoms with Gasteiger partial charge in [0.1, 0.15) is 0 Å². The number of carbonyl (C=O) groups excluding carboxylic acids is 1. The van der Waals surface area contributed by atoms with Crippen molar-refractivity contribution in [3.05, 3.63) is 0 Å². The van der Waals surface area contributed by atoms with E-state index in [1.807, 2.05) is 0 Å². The summed E-state index contributed by atoms with van der Waals surface area (Å²) in [5.74, 6) is 0.201. The van der Waals surface area contributed by atoms with Gasteiger partial charge in [-0.25, -0.2) is 13.2 Å². The van der Waals surface area contributed by atoms with Crippen molar-refractivity contribution in [2.45, 2.75) is 45.1 Å². The molecule has 0 aromatic rings. The molecule has 1 rings (SSSR count). The van der Waals surface area contributed by atoms with E-state index in [1.54, 1.807) is 0 Å².